The molecule has 1 aliphatic heterocycles. The van der Waals surface area contributed by atoms with Crippen molar-refractivity contribution in [3.8, 4) is 28.6 Å². The van der Waals surface area contributed by atoms with Gasteiger partial charge in [0.05, 0.1) is 12.8 Å². The largest absolute Gasteiger partial charge is 0.573 e. The number of halogens is 3. The van der Waals surface area contributed by atoms with Crippen molar-refractivity contribution in [2.45, 2.75) is 32.7 Å². The van der Waals surface area contributed by atoms with Crippen molar-refractivity contribution in [2.75, 3.05) is 24.3 Å². The maximum Gasteiger partial charge on any atom is 0.573 e. The molecule has 1 N–H and O–H groups in total. The number of carbonyl (C=O) groups excluding carboxylic acids is 1. The van der Waals surface area contributed by atoms with E-state index in [9.17, 15) is 18.0 Å². The normalized spacial score (nSPS) is 14.4. The topological polar surface area (TPSA) is 93.9 Å². The lowest BCUT2D eigenvalue weighted by Gasteiger charge is -2.23. The molecule has 1 aliphatic rings. The summed E-state index contributed by atoms with van der Waals surface area (Å²) in [7, 11) is 1.63. The number of anilines is 1. The number of alkyl halides is 3. The highest BCUT2D eigenvalue weighted by atomic mass is 32.2. The Morgan fingerprint density at radius 2 is 1.79 bits per heavy atom. The molecule has 43 heavy (non-hydrogen) atoms. The second kappa shape index (κ2) is 12.8. The highest BCUT2D eigenvalue weighted by molar-refractivity contribution is 8.14. The van der Waals surface area contributed by atoms with Crippen LogP contribution in [0.2, 0.25) is 0 Å². The first-order valence-corrected chi connectivity index (χ1v) is 14.4. The third kappa shape index (κ3) is 7.47. The van der Waals surface area contributed by atoms with Crippen LogP contribution in [-0.2, 0) is 6.54 Å². The molecule has 0 radical (unpaired) electrons. The zero-order valence-corrected chi connectivity index (χ0v) is 24.4. The monoisotopic (exact) mass is 610 g/mol. The van der Waals surface area contributed by atoms with E-state index < -0.39 is 12.4 Å². The van der Waals surface area contributed by atoms with Crippen LogP contribution in [0, 0.1) is 0 Å². The summed E-state index contributed by atoms with van der Waals surface area (Å²) in [5, 5.41) is 7.92. The number of rotatable bonds is 8. The van der Waals surface area contributed by atoms with E-state index in [0.717, 1.165) is 40.4 Å². The third-order valence-corrected chi connectivity index (χ3v) is 7.56. The molecule has 0 unspecified atom stereocenters. The number of benzene rings is 3. The minimum atomic E-state index is -4.75. The molecule has 9 nitrogen and oxygen atoms in total. The summed E-state index contributed by atoms with van der Waals surface area (Å²) in [5.74, 6) is 1.99. The summed E-state index contributed by atoms with van der Waals surface area (Å²) in [4.78, 5) is 23.5. The third-order valence-electron chi connectivity index (χ3n) is 6.61. The smallest absolute Gasteiger partial charge is 0.497 e. The average molecular weight is 611 g/mol. The lowest BCUT2D eigenvalue weighted by molar-refractivity contribution is -0.274. The number of methoxy groups -OCH3 is 1. The van der Waals surface area contributed by atoms with Crippen molar-refractivity contribution in [3.05, 3.63) is 84.2 Å². The Labute approximate surface area is 250 Å². The maximum atomic E-state index is 12.8. The van der Waals surface area contributed by atoms with Gasteiger partial charge < -0.3 is 19.7 Å². The van der Waals surface area contributed by atoms with Crippen LogP contribution >= 0.6 is 11.8 Å². The highest BCUT2D eigenvalue weighted by Gasteiger charge is 2.31. The lowest BCUT2D eigenvalue weighted by atomic mass is 10.00. The van der Waals surface area contributed by atoms with Gasteiger partial charge in [-0.25, -0.2) is 14.5 Å². The van der Waals surface area contributed by atoms with Gasteiger partial charge in [-0.2, -0.15) is 4.99 Å². The van der Waals surface area contributed by atoms with Gasteiger partial charge in [0, 0.05) is 36.2 Å². The Morgan fingerprint density at radius 1 is 1.07 bits per heavy atom. The van der Waals surface area contributed by atoms with Crippen molar-refractivity contribution < 1.29 is 27.4 Å². The second-order valence-corrected chi connectivity index (χ2v) is 10.9. The Morgan fingerprint density at radius 3 is 2.47 bits per heavy atom. The van der Waals surface area contributed by atoms with Gasteiger partial charge >= 0.3 is 12.4 Å². The SMILES string of the molecule is COc1ccc(C(C)C)c(N2CCS/C2=N\C(=O)NCc2ccc(-c3ncn(-c4ccc(OC(F)(F)F)cc4)n3)cc2)c1. The van der Waals surface area contributed by atoms with Crippen LogP contribution in [0.1, 0.15) is 30.9 Å². The molecular weight excluding hydrogens is 581 g/mol. The molecule has 0 saturated carbocycles. The van der Waals surface area contributed by atoms with Gasteiger partial charge in [-0.3, -0.25) is 0 Å². The summed E-state index contributed by atoms with van der Waals surface area (Å²) < 4.78 is 48.0. The van der Waals surface area contributed by atoms with Crippen molar-refractivity contribution in [3.63, 3.8) is 0 Å². The Hall–Kier alpha value is -4.52. The van der Waals surface area contributed by atoms with Crippen molar-refractivity contribution >= 4 is 28.6 Å². The number of nitrogens with one attached hydrogen (secondary N) is 1. The fourth-order valence-electron chi connectivity index (χ4n) is 4.49. The minimum absolute atomic E-state index is 0.283. The second-order valence-electron chi connectivity index (χ2n) is 9.88. The van der Waals surface area contributed by atoms with Crippen molar-refractivity contribution in [2.24, 2.45) is 4.99 Å². The fourth-order valence-corrected chi connectivity index (χ4v) is 5.44. The van der Waals surface area contributed by atoms with Crippen LogP contribution in [0.15, 0.2) is 78.0 Å². The zero-order chi connectivity index (χ0) is 30.6. The number of carbonyl (C=O) groups is 1. The number of hydrogen-bond acceptors (Lipinski definition) is 6. The first kappa shape index (κ1) is 30.0. The van der Waals surface area contributed by atoms with E-state index in [2.05, 4.69) is 49.9 Å². The molecule has 0 spiro atoms. The number of amidine groups is 1. The van der Waals surface area contributed by atoms with Gasteiger partial charge in [0.2, 0.25) is 0 Å². The first-order valence-electron chi connectivity index (χ1n) is 13.4. The van der Waals surface area contributed by atoms with E-state index >= 15 is 0 Å². The number of nitrogens with zero attached hydrogens (tertiary/aromatic N) is 5. The summed E-state index contributed by atoms with van der Waals surface area (Å²) in [6.07, 6.45) is -3.28. The molecular formula is C30H29F3N6O3S. The van der Waals surface area contributed by atoms with Gasteiger partial charge in [-0.1, -0.05) is 55.9 Å². The predicted molar refractivity (Wildman–Crippen MR) is 160 cm³/mol. The zero-order valence-electron chi connectivity index (χ0n) is 23.6. The summed E-state index contributed by atoms with van der Waals surface area (Å²) in [6.45, 7) is 5.28. The molecule has 1 fully saturated rings. The van der Waals surface area contributed by atoms with Crippen LogP contribution in [0.3, 0.4) is 0 Å². The van der Waals surface area contributed by atoms with Crippen LogP contribution in [0.25, 0.3) is 17.1 Å². The molecule has 4 aromatic rings. The van der Waals surface area contributed by atoms with Gasteiger partial charge in [0.1, 0.15) is 17.8 Å². The molecule has 0 bridgehead atoms. The van der Waals surface area contributed by atoms with E-state index in [0.29, 0.717) is 22.6 Å². The van der Waals surface area contributed by atoms with E-state index in [1.807, 2.05) is 36.4 Å². The lowest BCUT2D eigenvalue weighted by Crippen LogP contribution is -2.28. The van der Waals surface area contributed by atoms with Gasteiger partial charge in [-0.15, -0.1) is 18.3 Å². The van der Waals surface area contributed by atoms with Crippen LogP contribution in [0.4, 0.5) is 23.7 Å². The fraction of sp³-hybridized carbons (Fsp3) is 0.267. The maximum absolute atomic E-state index is 12.8. The number of thioether (sulfide) groups is 1. The Balaban J connectivity index is 1.20. The summed E-state index contributed by atoms with van der Waals surface area (Å²) in [5.41, 5.74) is 4.28. The number of amides is 2. The van der Waals surface area contributed by atoms with Crippen molar-refractivity contribution in [1.29, 1.82) is 0 Å². The molecule has 2 amide bonds. The number of hydrogen-bond donors (Lipinski definition) is 1. The van der Waals surface area contributed by atoms with E-state index in [1.165, 1.54) is 47.0 Å². The minimum Gasteiger partial charge on any atom is -0.497 e. The number of ether oxygens (including phenoxy) is 2. The quantitative estimate of drug-likeness (QED) is 0.235. The molecule has 13 heteroatoms. The molecule has 0 atom stereocenters. The molecule has 5 rings (SSSR count). The first-order chi connectivity index (χ1) is 20.6. The summed E-state index contributed by atoms with van der Waals surface area (Å²) in [6, 6.07) is 18.3. The van der Waals surface area contributed by atoms with Crippen LogP contribution < -0.4 is 19.7 Å². The molecule has 224 valence electrons. The molecule has 0 aliphatic carbocycles. The number of aromatic nitrogens is 3. The average Bonchev–Trinajstić information content (AvgIpc) is 3.66. The Bertz CT molecular complexity index is 1600. The van der Waals surface area contributed by atoms with Crippen LogP contribution in [-0.4, -0.2) is 51.7 Å². The van der Waals surface area contributed by atoms with Gasteiger partial charge in [0.25, 0.3) is 0 Å². The highest BCUT2D eigenvalue weighted by Crippen LogP contribution is 2.35. The molecule has 3 aromatic carbocycles. The van der Waals surface area contributed by atoms with Crippen LogP contribution in [0.5, 0.6) is 11.5 Å². The number of aliphatic imine (C=N–C) groups is 1. The molecule has 1 aromatic heterocycles. The predicted octanol–water partition coefficient (Wildman–Crippen LogP) is 6.78. The Kier molecular flexibility index (Phi) is 8.90. The molecule has 2 heterocycles. The van der Waals surface area contributed by atoms with E-state index in [1.54, 1.807) is 7.11 Å². The van der Waals surface area contributed by atoms with E-state index in [-0.39, 0.29) is 12.3 Å². The molecule has 1 saturated heterocycles. The van der Waals surface area contributed by atoms with Gasteiger partial charge in [0.15, 0.2) is 11.0 Å². The van der Waals surface area contributed by atoms with E-state index in [4.69, 9.17) is 4.74 Å². The number of urea groups is 1. The van der Waals surface area contributed by atoms with Crippen molar-refractivity contribution in [1.82, 2.24) is 20.1 Å². The van der Waals surface area contributed by atoms with Gasteiger partial charge in [-0.05, 0) is 47.4 Å². The standard InChI is InChI=1S/C30H29F3N6O3S/c1-19(2)25-13-12-24(41-3)16-26(25)38-14-15-43-29(38)36-28(40)34-17-20-4-6-21(7-5-20)27-35-18-39(37-27)22-8-10-23(11-9-22)42-30(31,32)33/h4-13,16,18-19H,14-15,17H2,1-3H3,(H,34,40)/b36-29-. The summed E-state index contributed by atoms with van der Waals surface area (Å²) >= 11 is 1.54.